The molecule has 0 spiro atoms. The highest BCUT2D eigenvalue weighted by atomic mass is 19.1. The Morgan fingerprint density at radius 1 is 1.06 bits per heavy atom. The number of rotatable bonds is 1. The summed E-state index contributed by atoms with van der Waals surface area (Å²) in [4.78, 5) is 4.04. The summed E-state index contributed by atoms with van der Waals surface area (Å²) in [6.45, 7) is 0. The van der Waals surface area contributed by atoms with Crippen molar-refractivity contribution < 1.29 is 13.2 Å². The normalized spacial score (nSPS) is 11.0. The van der Waals surface area contributed by atoms with Crippen LogP contribution in [0.25, 0.3) is 22.6 Å². The van der Waals surface area contributed by atoms with Gasteiger partial charge in [-0.05, 0) is 30.3 Å². The fourth-order valence-corrected chi connectivity index (χ4v) is 1.72. The summed E-state index contributed by atoms with van der Waals surface area (Å²) in [6, 6.07) is 8.04. The van der Waals surface area contributed by atoms with E-state index in [1.54, 1.807) is 0 Å². The molecule has 0 aliphatic carbocycles. The summed E-state index contributed by atoms with van der Waals surface area (Å²) < 4.78 is 32.0. The predicted octanol–water partition coefficient (Wildman–Crippen LogP) is 3.36. The molecule has 18 heavy (non-hydrogen) atoms. The highest BCUT2D eigenvalue weighted by Crippen LogP contribution is 2.28. The zero-order valence-electron chi connectivity index (χ0n) is 9.15. The fraction of sp³-hybridized carbons (Fsp3) is 0. The minimum atomic E-state index is -0.490. The lowest BCUT2D eigenvalue weighted by Gasteiger charge is -1.99. The summed E-state index contributed by atoms with van der Waals surface area (Å²) >= 11 is 0. The van der Waals surface area contributed by atoms with Crippen LogP contribution in [0.5, 0.6) is 0 Å². The number of benzene rings is 2. The first-order chi connectivity index (χ1) is 8.63. The molecule has 5 heteroatoms. The van der Waals surface area contributed by atoms with E-state index >= 15 is 0 Å². The molecule has 0 aliphatic heterocycles. The van der Waals surface area contributed by atoms with Gasteiger partial charge in [0.05, 0.1) is 5.56 Å². The smallest absolute Gasteiger partial charge is 0.230 e. The number of aromatic nitrogens is 1. The SMILES string of the molecule is Nc1ccc(F)c(-c2nc3cc(F)ccc3o2)c1. The number of fused-ring (bicyclic) bond motifs is 1. The molecule has 1 aromatic heterocycles. The third-order valence-corrected chi connectivity index (χ3v) is 2.57. The second-order valence-electron chi connectivity index (χ2n) is 3.87. The van der Waals surface area contributed by atoms with Crippen molar-refractivity contribution in [3.63, 3.8) is 0 Å². The van der Waals surface area contributed by atoms with Crippen molar-refractivity contribution in [2.45, 2.75) is 0 Å². The number of nitrogens with zero attached hydrogens (tertiary/aromatic N) is 1. The van der Waals surface area contributed by atoms with Crippen molar-refractivity contribution >= 4 is 16.8 Å². The molecule has 3 nitrogen and oxygen atoms in total. The van der Waals surface area contributed by atoms with Gasteiger partial charge in [0.1, 0.15) is 17.2 Å². The van der Waals surface area contributed by atoms with Gasteiger partial charge in [0, 0.05) is 11.8 Å². The molecule has 0 atom stereocenters. The molecule has 0 amide bonds. The highest BCUT2D eigenvalue weighted by Gasteiger charge is 2.13. The highest BCUT2D eigenvalue weighted by molar-refractivity contribution is 5.76. The number of hydrogen-bond donors (Lipinski definition) is 1. The summed E-state index contributed by atoms with van der Waals surface area (Å²) in [6.07, 6.45) is 0. The molecular formula is C13H8F2N2O. The Morgan fingerprint density at radius 3 is 2.72 bits per heavy atom. The van der Waals surface area contributed by atoms with Crippen LogP contribution in [0.2, 0.25) is 0 Å². The van der Waals surface area contributed by atoms with E-state index in [0.717, 1.165) is 0 Å². The van der Waals surface area contributed by atoms with E-state index in [-0.39, 0.29) is 11.5 Å². The Morgan fingerprint density at radius 2 is 1.89 bits per heavy atom. The Balaban J connectivity index is 2.22. The van der Waals surface area contributed by atoms with Crippen LogP contribution in [0.1, 0.15) is 0 Å². The van der Waals surface area contributed by atoms with Crippen LogP contribution >= 0.6 is 0 Å². The molecule has 0 fully saturated rings. The average Bonchev–Trinajstić information content (AvgIpc) is 2.74. The van der Waals surface area contributed by atoms with Crippen LogP contribution < -0.4 is 5.73 Å². The van der Waals surface area contributed by atoms with E-state index in [1.165, 1.54) is 36.4 Å². The van der Waals surface area contributed by atoms with Crippen LogP contribution in [0.3, 0.4) is 0 Å². The van der Waals surface area contributed by atoms with Crippen LogP contribution in [0, 0.1) is 11.6 Å². The van der Waals surface area contributed by atoms with Gasteiger partial charge in [-0.15, -0.1) is 0 Å². The lowest BCUT2D eigenvalue weighted by molar-refractivity contribution is 0.592. The van der Waals surface area contributed by atoms with Crippen LogP contribution in [0.4, 0.5) is 14.5 Å². The summed E-state index contributed by atoms with van der Waals surface area (Å²) in [5.74, 6) is -0.827. The largest absolute Gasteiger partial charge is 0.436 e. The first kappa shape index (κ1) is 10.7. The molecule has 3 rings (SSSR count). The topological polar surface area (TPSA) is 52.0 Å². The zero-order valence-corrected chi connectivity index (χ0v) is 9.15. The Bertz CT molecular complexity index is 737. The third-order valence-electron chi connectivity index (χ3n) is 2.57. The molecule has 1 heterocycles. The van der Waals surface area contributed by atoms with Crippen molar-refractivity contribution in [1.29, 1.82) is 0 Å². The maximum atomic E-state index is 13.6. The minimum absolute atomic E-state index is 0.0837. The quantitative estimate of drug-likeness (QED) is 0.670. The Hall–Kier alpha value is -2.43. The molecule has 0 saturated heterocycles. The Kier molecular flexibility index (Phi) is 2.26. The monoisotopic (exact) mass is 246 g/mol. The lowest BCUT2D eigenvalue weighted by Crippen LogP contribution is -1.89. The second kappa shape index (κ2) is 3.80. The van der Waals surface area contributed by atoms with E-state index in [0.29, 0.717) is 16.8 Å². The summed E-state index contributed by atoms with van der Waals surface area (Å²) in [7, 11) is 0. The van der Waals surface area contributed by atoms with Crippen LogP contribution in [-0.2, 0) is 0 Å². The first-order valence-electron chi connectivity index (χ1n) is 5.25. The number of nitrogens with two attached hydrogens (primary N) is 1. The lowest BCUT2D eigenvalue weighted by atomic mass is 10.2. The van der Waals surface area contributed by atoms with E-state index in [2.05, 4.69) is 4.98 Å². The molecule has 3 aromatic rings. The number of hydrogen-bond acceptors (Lipinski definition) is 3. The summed E-state index contributed by atoms with van der Waals surface area (Å²) in [5, 5.41) is 0. The molecule has 2 aromatic carbocycles. The van der Waals surface area contributed by atoms with Gasteiger partial charge in [-0.3, -0.25) is 0 Å². The van der Waals surface area contributed by atoms with Crippen LogP contribution in [-0.4, -0.2) is 4.98 Å². The predicted molar refractivity (Wildman–Crippen MR) is 63.8 cm³/mol. The number of nitrogen functional groups attached to an aromatic ring is 1. The second-order valence-corrected chi connectivity index (χ2v) is 3.87. The van der Waals surface area contributed by atoms with Crippen molar-refractivity contribution in [1.82, 2.24) is 4.98 Å². The molecule has 0 bridgehead atoms. The molecular weight excluding hydrogens is 238 g/mol. The molecule has 0 radical (unpaired) electrons. The molecule has 0 saturated carbocycles. The van der Waals surface area contributed by atoms with Crippen LogP contribution in [0.15, 0.2) is 40.8 Å². The fourth-order valence-electron chi connectivity index (χ4n) is 1.72. The van der Waals surface area contributed by atoms with Gasteiger partial charge >= 0.3 is 0 Å². The van der Waals surface area contributed by atoms with Gasteiger partial charge in [-0.2, -0.15) is 0 Å². The van der Waals surface area contributed by atoms with Crippen molar-refractivity contribution in [3.8, 4) is 11.5 Å². The van der Waals surface area contributed by atoms with E-state index in [4.69, 9.17) is 10.2 Å². The Labute approximate surface area is 101 Å². The van der Waals surface area contributed by atoms with Crippen molar-refractivity contribution in [3.05, 3.63) is 48.0 Å². The van der Waals surface area contributed by atoms with Gasteiger partial charge < -0.3 is 10.2 Å². The van der Waals surface area contributed by atoms with Gasteiger partial charge in [0.2, 0.25) is 5.89 Å². The van der Waals surface area contributed by atoms with E-state index < -0.39 is 11.6 Å². The average molecular weight is 246 g/mol. The minimum Gasteiger partial charge on any atom is -0.436 e. The number of anilines is 1. The number of oxazole rings is 1. The van der Waals surface area contributed by atoms with E-state index in [1.807, 2.05) is 0 Å². The summed E-state index contributed by atoms with van der Waals surface area (Å²) in [5.41, 5.74) is 6.88. The number of halogens is 2. The maximum Gasteiger partial charge on any atom is 0.230 e. The molecule has 2 N–H and O–H groups in total. The van der Waals surface area contributed by atoms with E-state index in [9.17, 15) is 8.78 Å². The van der Waals surface area contributed by atoms with Crippen molar-refractivity contribution in [2.24, 2.45) is 0 Å². The zero-order chi connectivity index (χ0) is 12.7. The van der Waals surface area contributed by atoms with Gasteiger partial charge in [-0.25, -0.2) is 13.8 Å². The van der Waals surface area contributed by atoms with Gasteiger partial charge in [0.15, 0.2) is 5.58 Å². The van der Waals surface area contributed by atoms with Crippen molar-refractivity contribution in [2.75, 3.05) is 5.73 Å². The first-order valence-corrected chi connectivity index (χ1v) is 5.25. The maximum absolute atomic E-state index is 13.6. The van der Waals surface area contributed by atoms with Gasteiger partial charge in [0.25, 0.3) is 0 Å². The molecule has 90 valence electrons. The third kappa shape index (κ3) is 1.69. The standard InChI is InChI=1S/C13H8F2N2O/c14-7-1-4-12-11(5-7)17-13(18-12)9-6-8(16)2-3-10(9)15/h1-6H,16H2. The van der Waals surface area contributed by atoms with Gasteiger partial charge in [-0.1, -0.05) is 0 Å². The molecule has 0 aliphatic rings. The molecule has 0 unspecified atom stereocenters.